The van der Waals surface area contributed by atoms with Crippen LogP contribution in [-0.2, 0) is 20.7 Å². The van der Waals surface area contributed by atoms with Gasteiger partial charge < -0.3 is 15.4 Å². The number of benzene rings is 1. The molecule has 1 aliphatic rings. The molecule has 2 N–H and O–H groups in total. The van der Waals surface area contributed by atoms with Crippen molar-refractivity contribution in [3.05, 3.63) is 29.8 Å². The van der Waals surface area contributed by atoms with Gasteiger partial charge in [-0.1, -0.05) is 18.2 Å². The van der Waals surface area contributed by atoms with Gasteiger partial charge >= 0.3 is 5.97 Å². The van der Waals surface area contributed by atoms with E-state index in [0.29, 0.717) is 13.0 Å². The largest absolute Gasteiger partial charge is 0.464 e. The maximum Gasteiger partial charge on any atom is 0.328 e. The topological polar surface area (TPSA) is 67.4 Å². The Kier molecular flexibility index (Phi) is 4.04. The monoisotopic (exact) mass is 262 g/mol. The summed E-state index contributed by atoms with van der Waals surface area (Å²) in [5.41, 5.74) is 2.10. The summed E-state index contributed by atoms with van der Waals surface area (Å²) in [6.45, 7) is 3.67. The molecule has 0 radical (unpaired) electrons. The quantitative estimate of drug-likeness (QED) is 0.797. The highest BCUT2D eigenvalue weighted by molar-refractivity contribution is 5.90. The molecule has 1 aliphatic heterocycles. The average Bonchev–Trinajstić information content (AvgIpc) is 2.82. The highest BCUT2D eigenvalue weighted by atomic mass is 16.5. The smallest absolute Gasteiger partial charge is 0.328 e. The first-order valence-electron chi connectivity index (χ1n) is 6.43. The predicted octanol–water partition coefficient (Wildman–Crippen LogP) is 1.09. The van der Waals surface area contributed by atoms with Gasteiger partial charge in [-0.15, -0.1) is 0 Å². The van der Waals surface area contributed by atoms with Gasteiger partial charge in [-0.2, -0.15) is 0 Å². The minimum Gasteiger partial charge on any atom is -0.464 e. The van der Waals surface area contributed by atoms with Crippen molar-refractivity contribution in [3.8, 4) is 0 Å². The lowest BCUT2D eigenvalue weighted by molar-refractivity contribution is -0.146. The zero-order valence-corrected chi connectivity index (χ0v) is 11.1. The lowest BCUT2D eigenvalue weighted by atomic mass is 10.1. The third-order valence-electron chi connectivity index (χ3n) is 3.09. The van der Waals surface area contributed by atoms with E-state index in [1.807, 2.05) is 24.3 Å². The molecule has 0 saturated heterocycles. The van der Waals surface area contributed by atoms with Crippen molar-refractivity contribution in [1.82, 2.24) is 5.32 Å². The number of para-hydroxylation sites is 1. The summed E-state index contributed by atoms with van der Waals surface area (Å²) in [7, 11) is 0. The summed E-state index contributed by atoms with van der Waals surface area (Å²) >= 11 is 0. The predicted molar refractivity (Wildman–Crippen MR) is 71.8 cm³/mol. The third-order valence-corrected chi connectivity index (χ3v) is 3.09. The fourth-order valence-corrected chi connectivity index (χ4v) is 2.10. The van der Waals surface area contributed by atoms with Gasteiger partial charge in [0.15, 0.2) is 0 Å². The van der Waals surface area contributed by atoms with Gasteiger partial charge in [-0.25, -0.2) is 4.79 Å². The molecule has 1 aromatic rings. The van der Waals surface area contributed by atoms with Crippen LogP contribution in [0.4, 0.5) is 5.69 Å². The number of hydrogen-bond donors (Lipinski definition) is 2. The van der Waals surface area contributed by atoms with E-state index in [0.717, 1.165) is 11.3 Å². The van der Waals surface area contributed by atoms with Crippen LogP contribution >= 0.6 is 0 Å². The van der Waals surface area contributed by atoms with Crippen molar-refractivity contribution in [2.75, 3.05) is 11.9 Å². The van der Waals surface area contributed by atoms with Crippen LogP contribution in [0.3, 0.4) is 0 Å². The first-order valence-corrected chi connectivity index (χ1v) is 6.43. The highest BCUT2D eigenvalue weighted by Crippen LogP contribution is 2.25. The van der Waals surface area contributed by atoms with Crippen LogP contribution in [0.2, 0.25) is 0 Å². The number of anilines is 1. The number of esters is 1. The van der Waals surface area contributed by atoms with Crippen LogP contribution in [0.1, 0.15) is 19.4 Å². The van der Waals surface area contributed by atoms with Crippen LogP contribution < -0.4 is 10.6 Å². The average molecular weight is 262 g/mol. The molecule has 0 bridgehead atoms. The van der Waals surface area contributed by atoms with E-state index >= 15 is 0 Å². The van der Waals surface area contributed by atoms with Gasteiger partial charge in [0, 0.05) is 12.1 Å². The van der Waals surface area contributed by atoms with Crippen molar-refractivity contribution >= 4 is 17.6 Å². The molecule has 0 spiro atoms. The molecule has 102 valence electrons. The number of nitrogens with one attached hydrogen (secondary N) is 2. The van der Waals surface area contributed by atoms with Gasteiger partial charge in [0.25, 0.3) is 0 Å². The number of fused-ring (bicyclic) bond motifs is 1. The fraction of sp³-hybridized carbons (Fsp3) is 0.429. The number of ether oxygens (including phenoxy) is 1. The first kappa shape index (κ1) is 13.4. The van der Waals surface area contributed by atoms with Crippen molar-refractivity contribution in [1.29, 1.82) is 0 Å². The zero-order chi connectivity index (χ0) is 13.8. The first-order chi connectivity index (χ1) is 9.11. The van der Waals surface area contributed by atoms with Crippen LogP contribution in [0.15, 0.2) is 24.3 Å². The number of amides is 1. The van der Waals surface area contributed by atoms with Gasteiger partial charge in [0.1, 0.15) is 12.1 Å². The Morgan fingerprint density at radius 1 is 1.47 bits per heavy atom. The second kappa shape index (κ2) is 5.73. The Morgan fingerprint density at radius 2 is 2.21 bits per heavy atom. The minimum absolute atomic E-state index is 0.184. The summed E-state index contributed by atoms with van der Waals surface area (Å²) in [5, 5.41) is 5.81. The Morgan fingerprint density at radius 3 is 2.89 bits per heavy atom. The van der Waals surface area contributed by atoms with E-state index in [9.17, 15) is 9.59 Å². The molecule has 1 unspecified atom stereocenters. The van der Waals surface area contributed by atoms with Crippen LogP contribution in [0, 0.1) is 0 Å². The van der Waals surface area contributed by atoms with E-state index in [4.69, 9.17) is 4.74 Å². The molecule has 0 saturated carbocycles. The van der Waals surface area contributed by atoms with Crippen LogP contribution in [-0.4, -0.2) is 30.6 Å². The summed E-state index contributed by atoms with van der Waals surface area (Å²) in [6, 6.07) is 6.85. The van der Waals surface area contributed by atoms with Gasteiger partial charge in [0.2, 0.25) is 5.91 Å². The lowest BCUT2D eigenvalue weighted by Gasteiger charge is -2.16. The Labute approximate surface area is 112 Å². The Hall–Kier alpha value is -2.04. The molecule has 0 aromatic heterocycles. The second-order valence-corrected chi connectivity index (χ2v) is 4.54. The normalized spacial score (nSPS) is 18.1. The summed E-state index contributed by atoms with van der Waals surface area (Å²) < 4.78 is 4.85. The van der Waals surface area contributed by atoms with Crippen molar-refractivity contribution < 1.29 is 14.3 Å². The third kappa shape index (κ3) is 3.05. The van der Waals surface area contributed by atoms with E-state index < -0.39 is 12.0 Å². The molecule has 2 atom stereocenters. The molecule has 0 aliphatic carbocycles. The van der Waals surface area contributed by atoms with E-state index in [2.05, 4.69) is 10.6 Å². The van der Waals surface area contributed by atoms with Gasteiger partial charge in [0.05, 0.1) is 6.61 Å². The fourth-order valence-electron chi connectivity index (χ4n) is 2.10. The van der Waals surface area contributed by atoms with Gasteiger partial charge in [-0.05, 0) is 25.5 Å². The highest BCUT2D eigenvalue weighted by Gasteiger charge is 2.28. The van der Waals surface area contributed by atoms with E-state index in [-0.39, 0.29) is 11.9 Å². The molecule has 1 heterocycles. The number of hydrogen-bond acceptors (Lipinski definition) is 4. The van der Waals surface area contributed by atoms with E-state index in [1.165, 1.54) is 0 Å². The molecular formula is C14H18N2O3. The molecule has 19 heavy (non-hydrogen) atoms. The molecule has 2 rings (SSSR count). The molecule has 5 heteroatoms. The molecule has 1 aromatic carbocycles. The van der Waals surface area contributed by atoms with Crippen molar-refractivity contribution in [2.45, 2.75) is 32.4 Å². The lowest BCUT2D eigenvalue weighted by Crippen LogP contribution is -2.46. The molecule has 5 nitrogen and oxygen atoms in total. The SMILES string of the molecule is CCOC(=O)C(C)NC(=O)[C@@H]1Cc2ccccc2N1. The van der Waals surface area contributed by atoms with Crippen LogP contribution in [0.25, 0.3) is 0 Å². The molecule has 1 amide bonds. The maximum atomic E-state index is 12.1. The summed E-state index contributed by atoms with van der Waals surface area (Å²) in [4.78, 5) is 23.5. The number of carbonyl (C=O) groups is 2. The number of rotatable bonds is 4. The minimum atomic E-state index is -0.627. The van der Waals surface area contributed by atoms with E-state index in [1.54, 1.807) is 13.8 Å². The standard InChI is InChI=1S/C14H18N2O3/c1-3-19-14(18)9(2)15-13(17)12-8-10-6-4-5-7-11(10)16-12/h4-7,9,12,16H,3,8H2,1-2H3,(H,15,17)/t9?,12-/m0/s1. The molecular weight excluding hydrogens is 244 g/mol. The summed E-state index contributed by atoms with van der Waals surface area (Å²) in [5.74, 6) is -0.594. The number of carbonyl (C=O) groups excluding carboxylic acids is 2. The van der Waals surface area contributed by atoms with Crippen LogP contribution in [0.5, 0.6) is 0 Å². The van der Waals surface area contributed by atoms with Crippen molar-refractivity contribution in [3.63, 3.8) is 0 Å². The zero-order valence-electron chi connectivity index (χ0n) is 11.1. The van der Waals surface area contributed by atoms with Crippen molar-refractivity contribution in [2.24, 2.45) is 0 Å². The Balaban J connectivity index is 1.91. The summed E-state index contributed by atoms with van der Waals surface area (Å²) in [6.07, 6.45) is 0.636. The second-order valence-electron chi connectivity index (χ2n) is 4.54. The molecule has 0 fully saturated rings. The Bertz CT molecular complexity index is 462. The maximum absolute atomic E-state index is 12.1. The van der Waals surface area contributed by atoms with Gasteiger partial charge in [-0.3, -0.25) is 4.79 Å².